The highest BCUT2D eigenvalue weighted by Gasteiger charge is 2.23. The van der Waals surface area contributed by atoms with Gasteiger partial charge in [0.15, 0.2) is 11.2 Å². The molecule has 0 bridgehead atoms. The molecule has 0 amide bonds. The number of hydrogen-bond acceptors (Lipinski definition) is 4. The molecular formula is C17H27N5O2. The van der Waals surface area contributed by atoms with E-state index in [-0.39, 0.29) is 11.2 Å². The lowest BCUT2D eigenvalue weighted by atomic mass is 10.3. The Morgan fingerprint density at radius 2 is 2.00 bits per heavy atom. The minimum absolute atomic E-state index is 0.239. The van der Waals surface area contributed by atoms with E-state index < -0.39 is 0 Å². The highest BCUT2D eigenvalue weighted by Crippen LogP contribution is 2.29. The molecule has 24 heavy (non-hydrogen) atoms. The molecule has 7 nitrogen and oxygen atoms in total. The third-order valence-electron chi connectivity index (χ3n) is 4.81. The monoisotopic (exact) mass is 333 g/mol. The first-order valence-corrected chi connectivity index (χ1v) is 8.86. The Kier molecular flexibility index (Phi) is 4.89. The maximum Gasteiger partial charge on any atom is 0.332 e. The number of aromatic nitrogens is 4. The van der Waals surface area contributed by atoms with Gasteiger partial charge in [-0.05, 0) is 44.7 Å². The number of rotatable bonds is 8. The first-order chi connectivity index (χ1) is 11.5. The van der Waals surface area contributed by atoms with E-state index in [1.54, 1.807) is 25.0 Å². The second-order valence-electron chi connectivity index (χ2n) is 6.92. The molecule has 1 fully saturated rings. The Bertz CT molecular complexity index is 828. The Balaban J connectivity index is 1.76. The quantitative estimate of drug-likeness (QED) is 0.721. The van der Waals surface area contributed by atoms with Crippen LogP contribution >= 0.6 is 0 Å². The Morgan fingerprint density at radius 3 is 2.67 bits per heavy atom. The van der Waals surface area contributed by atoms with E-state index in [1.807, 2.05) is 0 Å². The smallest absolute Gasteiger partial charge is 0.328 e. The summed E-state index contributed by atoms with van der Waals surface area (Å²) >= 11 is 0. The van der Waals surface area contributed by atoms with Crippen molar-refractivity contribution in [1.29, 1.82) is 0 Å². The predicted octanol–water partition coefficient (Wildman–Crippen LogP) is 0.946. The lowest BCUT2D eigenvalue weighted by Gasteiger charge is -2.21. The molecule has 0 saturated heterocycles. The van der Waals surface area contributed by atoms with Crippen molar-refractivity contribution >= 4 is 11.2 Å². The van der Waals surface area contributed by atoms with Gasteiger partial charge < -0.3 is 9.47 Å². The summed E-state index contributed by atoms with van der Waals surface area (Å²) < 4.78 is 4.50. The van der Waals surface area contributed by atoms with Gasteiger partial charge in [0.2, 0.25) is 0 Å². The number of imidazole rings is 1. The van der Waals surface area contributed by atoms with Gasteiger partial charge in [0.05, 0.1) is 6.33 Å². The Hall–Kier alpha value is -1.89. The number of fused-ring (bicyclic) bond motifs is 1. The summed E-state index contributed by atoms with van der Waals surface area (Å²) in [5, 5.41) is 0. The predicted molar refractivity (Wildman–Crippen MR) is 94.3 cm³/mol. The molecule has 2 heterocycles. The fourth-order valence-corrected chi connectivity index (χ4v) is 3.32. The molecule has 0 spiro atoms. The van der Waals surface area contributed by atoms with Crippen LogP contribution in [0.3, 0.4) is 0 Å². The molecule has 2 aromatic rings. The molecule has 0 radical (unpaired) electrons. The van der Waals surface area contributed by atoms with E-state index in [9.17, 15) is 9.59 Å². The van der Waals surface area contributed by atoms with E-state index in [1.165, 1.54) is 22.0 Å². The molecule has 1 saturated carbocycles. The minimum atomic E-state index is -0.282. The summed E-state index contributed by atoms with van der Waals surface area (Å²) in [5.41, 5.74) is 0.415. The maximum atomic E-state index is 12.6. The second kappa shape index (κ2) is 6.93. The van der Waals surface area contributed by atoms with Gasteiger partial charge in [-0.2, -0.15) is 0 Å². The molecule has 132 valence electrons. The van der Waals surface area contributed by atoms with Crippen molar-refractivity contribution in [3.05, 3.63) is 27.2 Å². The summed E-state index contributed by atoms with van der Waals surface area (Å²) in [7, 11) is 3.45. The normalized spacial score (nSPS) is 14.8. The summed E-state index contributed by atoms with van der Waals surface area (Å²) in [4.78, 5) is 31.7. The highest BCUT2D eigenvalue weighted by molar-refractivity contribution is 5.69. The van der Waals surface area contributed by atoms with Crippen LogP contribution < -0.4 is 11.2 Å². The van der Waals surface area contributed by atoms with Gasteiger partial charge in [-0.1, -0.05) is 6.92 Å². The topological polar surface area (TPSA) is 65.1 Å². The van der Waals surface area contributed by atoms with Crippen LogP contribution in [-0.2, 0) is 20.6 Å². The molecule has 2 aromatic heterocycles. The van der Waals surface area contributed by atoms with Crippen molar-refractivity contribution in [2.75, 3.05) is 19.6 Å². The molecule has 0 atom stereocenters. The van der Waals surface area contributed by atoms with Crippen molar-refractivity contribution in [3.8, 4) is 0 Å². The van der Waals surface area contributed by atoms with Gasteiger partial charge in [0.1, 0.15) is 0 Å². The molecule has 0 aliphatic heterocycles. The molecular weight excluding hydrogens is 306 g/mol. The van der Waals surface area contributed by atoms with Gasteiger partial charge in [0.25, 0.3) is 5.56 Å². The van der Waals surface area contributed by atoms with E-state index in [2.05, 4.69) is 16.8 Å². The lowest BCUT2D eigenvalue weighted by Crippen LogP contribution is -2.40. The Labute approximate surface area is 141 Å². The zero-order valence-corrected chi connectivity index (χ0v) is 14.9. The molecule has 1 aliphatic rings. The van der Waals surface area contributed by atoms with Gasteiger partial charge >= 0.3 is 5.69 Å². The van der Waals surface area contributed by atoms with Crippen molar-refractivity contribution in [2.45, 2.75) is 39.2 Å². The van der Waals surface area contributed by atoms with Gasteiger partial charge in [-0.3, -0.25) is 13.9 Å². The standard InChI is InChI=1S/C17H27N5O2/c1-4-8-21(11-13-6-7-13)9-5-10-22-16(23)14-15(18-12-19(14)2)20(3)17(22)24/h12-13H,4-11H2,1-3H3. The van der Waals surface area contributed by atoms with Gasteiger partial charge in [-0.25, -0.2) is 9.78 Å². The van der Waals surface area contributed by atoms with Crippen LogP contribution in [0.25, 0.3) is 11.2 Å². The molecule has 1 aliphatic carbocycles. The third-order valence-corrected chi connectivity index (χ3v) is 4.81. The summed E-state index contributed by atoms with van der Waals surface area (Å²) in [6.45, 7) is 5.82. The molecule has 0 aromatic carbocycles. The molecule has 7 heteroatoms. The van der Waals surface area contributed by atoms with Crippen LogP contribution in [0.15, 0.2) is 15.9 Å². The molecule has 3 rings (SSSR count). The summed E-state index contributed by atoms with van der Waals surface area (Å²) in [6.07, 6.45) is 6.21. The van der Waals surface area contributed by atoms with E-state index >= 15 is 0 Å². The highest BCUT2D eigenvalue weighted by atomic mass is 16.2. The first-order valence-electron chi connectivity index (χ1n) is 8.86. The van der Waals surface area contributed by atoms with E-state index in [0.717, 1.165) is 38.4 Å². The van der Waals surface area contributed by atoms with Crippen molar-refractivity contribution in [2.24, 2.45) is 20.0 Å². The third kappa shape index (κ3) is 3.31. The summed E-state index contributed by atoms with van der Waals surface area (Å²) in [6, 6.07) is 0. The van der Waals surface area contributed by atoms with Crippen molar-refractivity contribution in [3.63, 3.8) is 0 Å². The van der Waals surface area contributed by atoms with E-state index in [4.69, 9.17) is 0 Å². The zero-order chi connectivity index (χ0) is 17.3. The molecule has 0 unspecified atom stereocenters. The fourth-order valence-electron chi connectivity index (χ4n) is 3.32. The van der Waals surface area contributed by atoms with Crippen LogP contribution in [0.2, 0.25) is 0 Å². The van der Waals surface area contributed by atoms with Crippen LogP contribution in [0.1, 0.15) is 32.6 Å². The zero-order valence-electron chi connectivity index (χ0n) is 14.9. The van der Waals surface area contributed by atoms with Gasteiger partial charge in [0, 0.05) is 27.2 Å². The van der Waals surface area contributed by atoms with Crippen LogP contribution in [0, 0.1) is 5.92 Å². The average Bonchev–Trinajstić information content (AvgIpc) is 3.28. The van der Waals surface area contributed by atoms with Gasteiger partial charge in [-0.15, -0.1) is 0 Å². The lowest BCUT2D eigenvalue weighted by molar-refractivity contribution is 0.254. The minimum Gasteiger partial charge on any atom is -0.328 e. The molecule has 0 N–H and O–H groups in total. The number of aryl methyl sites for hydroxylation is 2. The SMILES string of the molecule is CCCN(CCCn1c(=O)c2c(ncn2C)n(C)c1=O)CC1CC1. The second-order valence-corrected chi connectivity index (χ2v) is 6.92. The number of nitrogens with zero attached hydrogens (tertiary/aromatic N) is 5. The summed E-state index contributed by atoms with van der Waals surface area (Å²) in [5.74, 6) is 0.859. The van der Waals surface area contributed by atoms with Crippen LogP contribution in [0.5, 0.6) is 0 Å². The first kappa shape index (κ1) is 17.0. The Morgan fingerprint density at radius 1 is 1.25 bits per heavy atom. The largest absolute Gasteiger partial charge is 0.332 e. The van der Waals surface area contributed by atoms with Crippen LogP contribution in [0.4, 0.5) is 0 Å². The maximum absolute atomic E-state index is 12.6. The van der Waals surface area contributed by atoms with Crippen molar-refractivity contribution < 1.29 is 0 Å². The average molecular weight is 333 g/mol. The van der Waals surface area contributed by atoms with Crippen molar-refractivity contribution in [1.82, 2.24) is 23.6 Å². The van der Waals surface area contributed by atoms with E-state index in [0.29, 0.717) is 17.7 Å². The fraction of sp³-hybridized carbons (Fsp3) is 0.706. The number of hydrogen-bond donors (Lipinski definition) is 0. The van der Waals surface area contributed by atoms with Crippen LogP contribution in [-0.4, -0.2) is 43.2 Å².